The highest BCUT2D eigenvalue weighted by Crippen LogP contribution is 2.30. The van der Waals surface area contributed by atoms with Crippen LogP contribution in [0.25, 0.3) is 22.0 Å². The summed E-state index contributed by atoms with van der Waals surface area (Å²) < 4.78 is 0. The zero-order valence-electron chi connectivity index (χ0n) is 17.3. The number of nitrogens with zero attached hydrogens (tertiary/aromatic N) is 3. The molecule has 1 aromatic heterocycles. The first kappa shape index (κ1) is 20.6. The Morgan fingerprint density at radius 2 is 1.94 bits per heavy atom. The van der Waals surface area contributed by atoms with E-state index >= 15 is 0 Å². The lowest BCUT2D eigenvalue weighted by molar-refractivity contribution is -0.129. The molecule has 4 rings (SSSR count). The number of aromatic nitrogens is 2. The number of anilines is 1. The fourth-order valence-corrected chi connectivity index (χ4v) is 3.49. The number of fused-ring (bicyclic) bond motifs is 1. The Labute approximate surface area is 180 Å². The van der Waals surface area contributed by atoms with Crippen molar-refractivity contribution in [2.45, 2.75) is 32.4 Å². The average molecular weight is 419 g/mol. The first-order chi connectivity index (χ1) is 15.0. The molecule has 0 atom stereocenters. The smallest absolute Gasteiger partial charge is 0.404 e. The Hall–Kier alpha value is -3.68. The van der Waals surface area contributed by atoms with Gasteiger partial charge in [-0.25, -0.2) is 14.8 Å². The lowest BCUT2D eigenvalue weighted by Crippen LogP contribution is -2.36. The fourth-order valence-electron chi connectivity index (χ4n) is 3.49. The summed E-state index contributed by atoms with van der Waals surface area (Å²) in [6, 6.07) is 14.6. The molecular formula is C23H25N5O3. The summed E-state index contributed by atoms with van der Waals surface area (Å²) in [6.45, 7) is 2.41. The normalized spacial score (nSPS) is 13.1. The third-order valence-electron chi connectivity index (χ3n) is 5.29. The van der Waals surface area contributed by atoms with Crippen LogP contribution in [0.15, 0.2) is 48.8 Å². The number of hydrogen-bond acceptors (Lipinski definition) is 5. The maximum Gasteiger partial charge on any atom is 0.404 e. The molecule has 0 spiro atoms. The zero-order valence-corrected chi connectivity index (χ0v) is 17.3. The van der Waals surface area contributed by atoms with Gasteiger partial charge >= 0.3 is 6.09 Å². The highest BCUT2D eigenvalue weighted by atomic mass is 16.4. The summed E-state index contributed by atoms with van der Waals surface area (Å²) in [5.41, 5.74) is 3.95. The Bertz CT molecular complexity index is 1110. The van der Waals surface area contributed by atoms with Crippen molar-refractivity contribution >= 4 is 28.7 Å². The van der Waals surface area contributed by atoms with Crippen LogP contribution in [0.5, 0.6) is 0 Å². The van der Waals surface area contributed by atoms with Crippen molar-refractivity contribution in [1.82, 2.24) is 20.2 Å². The molecule has 1 aliphatic rings. The molecule has 1 heterocycles. The lowest BCUT2D eigenvalue weighted by atomic mass is 10.0. The first-order valence-electron chi connectivity index (χ1n) is 10.3. The number of benzene rings is 2. The minimum absolute atomic E-state index is 0.101. The lowest BCUT2D eigenvalue weighted by Gasteiger charge is -2.21. The molecule has 31 heavy (non-hydrogen) atoms. The maximum absolute atomic E-state index is 12.0. The SMILES string of the molecule is CC(=O)N(CCNC(=O)O)Cc1cccc(-c2ccc3ncnc(NC4CC4)c3c2)c1. The predicted molar refractivity (Wildman–Crippen MR) is 119 cm³/mol. The molecule has 8 nitrogen and oxygen atoms in total. The van der Waals surface area contributed by atoms with Crippen LogP contribution < -0.4 is 10.6 Å². The molecule has 2 amide bonds. The van der Waals surface area contributed by atoms with Crippen molar-refractivity contribution < 1.29 is 14.7 Å². The summed E-state index contributed by atoms with van der Waals surface area (Å²) in [4.78, 5) is 33.1. The third-order valence-corrected chi connectivity index (χ3v) is 5.29. The summed E-state index contributed by atoms with van der Waals surface area (Å²) in [7, 11) is 0. The van der Waals surface area contributed by atoms with E-state index in [0.717, 1.165) is 33.4 Å². The van der Waals surface area contributed by atoms with E-state index in [1.165, 1.54) is 19.8 Å². The van der Waals surface area contributed by atoms with Gasteiger partial charge in [-0.05, 0) is 47.7 Å². The van der Waals surface area contributed by atoms with Gasteiger partial charge < -0.3 is 20.6 Å². The number of rotatable bonds is 8. The molecule has 1 saturated carbocycles. The Morgan fingerprint density at radius 3 is 2.68 bits per heavy atom. The Kier molecular flexibility index (Phi) is 5.97. The molecule has 1 fully saturated rings. The molecule has 0 radical (unpaired) electrons. The molecule has 0 aliphatic heterocycles. The molecule has 3 N–H and O–H groups in total. The number of nitrogens with one attached hydrogen (secondary N) is 2. The van der Waals surface area contributed by atoms with Gasteiger partial charge in [0.05, 0.1) is 5.52 Å². The third kappa shape index (κ3) is 5.28. The van der Waals surface area contributed by atoms with Crippen LogP contribution in [-0.4, -0.2) is 51.1 Å². The fraction of sp³-hybridized carbons (Fsp3) is 0.304. The van der Waals surface area contributed by atoms with Crippen LogP contribution >= 0.6 is 0 Å². The van der Waals surface area contributed by atoms with Crippen molar-refractivity contribution in [3.05, 3.63) is 54.4 Å². The van der Waals surface area contributed by atoms with E-state index in [2.05, 4.69) is 32.7 Å². The Balaban J connectivity index is 1.56. The molecule has 0 unspecified atom stereocenters. The molecular weight excluding hydrogens is 394 g/mol. The highest BCUT2D eigenvalue weighted by molar-refractivity contribution is 5.92. The molecule has 3 aromatic rings. The second-order valence-electron chi connectivity index (χ2n) is 7.75. The molecule has 8 heteroatoms. The predicted octanol–water partition coefficient (Wildman–Crippen LogP) is 3.49. The quantitative estimate of drug-likeness (QED) is 0.516. The summed E-state index contributed by atoms with van der Waals surface area (Å²) >= 11 is 0. The largest absolute Gasteiger partial charge is 0.465 e. The van der Waals surface area contributed by atoms with Crippen LogP contribution in [0.4, 0.5) is 10.6 Å². The summed E-state index contributed by atoms with van der Waals surface area (Å²) in [5.74, 6) is 0.760. The zero-order chi connectivity index (χ0) is 21.8. The van der Waals surface area contributed by atoms with Crippen LogP contribution in [0.2, 0.25) is 0 Å². The van der Waals surface area contributed by atoms with Gasteiger partial charge in [0, 0.05) is 38.0 Å². The van der Waals surface area contributed by atoms with Crippen molar-refractivity contribution in [2.75, 3.05) is 18.4 Å². The van der Waals surface area contributed by atoms with E-state index in [4.69, 9.17) is 5.11 Å². The minimum Gasteiger partial charge on any atom is -0.465 e. The van der Waals surface area contributed by atoms with Gasteiger partial charge in [-0.1, -0.05) is 24.3 Å². The van der Waals surface area contributed by atoms with Gasteiger partial charge in [-0.2, -0.15) is 0 Å². The number of carbonyl (C=O) groups is 2. The number of amides is 2. The van der Waals surface area contributed by atoms with Crippen LogP contribution in [0.1, 0.15) is 25.3 Å². The number of carbonyl (C=O) groups excluding carboxylic acids is 1. The first-order valence-corrected chi connectivity index (χ1v) is 10.3. The molecule has 0 saturated heterocycles. The van der Waals surface area contributed by atoms with Crippen molar-refractivity contribution in [3.63, 3.8) is 0 Å². The van der Waals surface area contributed by atoms with E-state index in [9.17, 15) is 9.59 Å². The van der Waals surface area contributed by atoms with Crippen LogP contribution in [0.3, 0.4) is 0 Å². The van der Waals surface area contributed by atoms with E-state index in [0.29, 0.717) is 19.1 Å². The molecule has 1 aliphatic carbocycles. The van der Waals surface area contributed by atoms with Gasteiger partial charge in [0.2, 0.25) is 5.91 Å². The molecule has 2 aromatic carbocycles. The molecule has 160 valence electrons. The van der Waals surface area contributed by atoms with Crippen molar-refractivity contribution in [1.29, 1.82) is 0 Å². The average Bonchev–Trinajstić information content (AvgIpc) is 3.57. The summed E-state index contributed by atoms with van der Waals surface area (Å²) in [5, 5.41) is 15.5. The van der Waals surface area contributed by atoms with Gasteiger partial charge in [-0.3, -0.25) is 4.79 Å². The van der Waals surface area contributed by atoms with Gasteiger partial charge in [-0.15, -0.1) is 0 Å². The van der Waals surface area contributed by atoms with E-state index < -0.39 is 6.09 Å². The molecule has 0 bridgehead atoms. The second kappa shape index (κ2) is 8.99. The van der Waals surface area contributed by atoms with Gasteiger partial charge in [0.1, 0.15) is 12.1 Å². The topological polar surface area (TPSA) is 107 Å². The van der Waals surface area contributed by atoms with Gasteiger partial charge in [0.15, 0.2) is 0 Å². The number of hydrogen-bond donors (Lipinski definition) is 3. The maximum atomic E-state index is 12.0. The highest BCUT2D eigenvalue weighted by Gasteiger charge is 2.22. The van der Waals surface area contributed by atoms with E-state index in [-0.39, 0.29) is 12.5 Å². The van der Waals surface area contributed by atoms with Crippen LogP contribution in [0, 0.1) is 0 Å². The van der Waals surface area contributed by atoms with Crippen LogP contribution in [-0.2, 0) is 11.3 Å². The van der Waals surface area contributed by atoms with E-state index in [1.54, 1.807) is 11.2 Å². The number of carboxylic acid groups (broad SMARTS) is 1. The van der Waals surface area contributed by atoms with Gasteiger partial charge in [0.25, 0.3) is 0 Å². The van der Waals surface area contributed by atoms with Crippen molar-refractivity contribution in [3.8, 4) is 11.1 Å². The van der Waals surface area contributed by atoms with Crippen molar-refractivity contribution in [2.24, 2.45) is 0 Å². The summed E-state index contributed by atoms with van der Waals surface area (Å²) in [6.07, 6.45) is 2.83. The Morgan fingerprint density at radius 1 is 1.13 bits per heavy atom. The van der Waals surface area contributed by atoms with E-state index in [1.807, 2.05) is 30.3 Å². The monoisotopic (exact) mass is 419 g/mol. The minimum atomic E-state index is -1.10. The second-order valence-corrected chi connectivity index (χ2v) is 7.75. The standard InChI is InChI=1S/C23H25N5O3/c1-15(29)28(10-9-24-23(30)31)13-16-3-2-4-17(11-16)18-5-8-21-20(12-18)22(26-14-25-21)27-19-6-7-19/h2-5,8,11-12,14,19,24H,6-7,9-10,13H2,1H3,(H,30,31)(H,25,26,27).